The lowest BCUT2D eigenvalue weighted by Crippen LogP contribution is -2.17. The van der Waals surface area contributed by atoms with Crippen LogP contribution >= 0.6 is 0 Å². The minimum atomic E-state index is 0.0203. The summed E-state index contributed by atoms with van der Waals surface area (Å²) in [6.07, 6.45) is 6.12. The van der Waals surface area contributed by atoms with Crippen LogP contribution < -0.4 is 0 Å². The highest BCUT2D eigenvalue weighted by atomic mass is 16.3. The van der Waals surface area contributed by atoms with Crippen LogP contribution in [0.4, 0.5) is 0 Å². The highest BCUT2D eigenvalue weighted by Gasteiger charge is 2.29. The predicted molar refractivity (Wildman–Crippen MR) is 87.8 cm³/mol. The van der Waals surface area contributed by atoms with Gasteiger partial charge in [-0.3, -0.25) is 0 Å². The Balaban J connectivity index is 2.48. The molecule has 0 spiro atoms. The Morgan fingerprint density at radius 2 is 1.90 bits per heavy atom. The Bertz CT molecular complexity index is 546. The third-order valence-electron chi connectivity index (χ3n) is 4.45. The molecule has 0 amide bonds. The van der Waals surface area contributed by atoms with E-state index in [1.165, 1.54) is 5.57 Å². The van der Waals surface area contributed by atoms with Crippen LogP contribution in [-0.4, -0.2) is 10.2 Å². The zero-order chi connectivity index (χ0) is 15.6. The number of allylic oxidation sites excluding steroid dienone is 3. The van der Waals surface area contributed by atoms with Gasteiger partial charge >= 0.3 is 0 Å². The van der Waals surface area contributed by atoms with Gasteiger partial charge in [-0.2, -0.15) is 0 Å². The summed E-state index contributed by atoms with van der Waals surface area (Å²) in [6, 6.07) is 3.59. The number of aromatic hydroxyl groups is 2. The summed E-state index contributed by atoms with van der Waals surface area (Å²) in [5, 5.41) is 20.8. The molecule has 2 heteroatoms. The maximum Gasteiger partial charge on any atom is 0.123 e. The maximum atomic E-state index is 10.4. The lowest BCUT2D eigenvalue weighted by Gasteiger charge is -2.31. The van der Waals surface area contributed by atoms with E-state index >= 15 is 0 Å². The van der Waals surface area contributed by atoms with Crippen molar-refractivity contribution < 1.29 is 10.2 Å². The molecule has 1 unspecified atom stereocenters. The van der Waals surface area contributed by atoms with Crippen molar-refractivity contribution in [3.05, 3.63) is 47.1 Å². The second kappa shape index (κ2) is 6.38. The average Bonchev–Trinajstić information content (AvgIpc) is 2.38. The Morgan fingerprint density at radius 3 is 2.43 bits per heavy atom. The molecule has 0 radical (unpaired) electrons. The second-order valence-electron chi connectivity index (χ2n) is 6.33. The maximum absolute atomic E-state index is 10.4. The standard InChI is InChI=1S/C19H26O2/c1-5-6-14-10-17(20)19(18(21)11-14)16-9-13(4)7-8-15(16)12(2)3/h9-11,15-16,20-21H,2,5-8H2,1,3-4H3/t15-,16?/m1/s1. The molecule has 0 saturated carbocycles. The Kier molecular flexibility index (Phi) is 4.76. The summed E-state index contributed by atoms with van der Waals surface area (Å²) in [5.74, 6) is 0.718. The number of benzene rings is 1. The van der Waals surface area contributed by atoms with E-state index < -0.39 is 0 Å². The van der Waals surface area contributed by atoms with Crippen molar-refractivity contribution in [3.8, 4) is 11.5 Å². The molecule has 0 fully saturated rings. The first kappa shape index (κ1) is 15.7. The van der Waals surface area contributed by atoms with E-state index in [1.807, 2.05) is 6.92 Å². The van der Waals surface area contributed by atoms with Crippen LogP contribution in [0.15, 0.2) is 35.9 Å². The van der Waals surface area contributed by atoms with E-state index in [0.717, 1.165) is 36.8 Å². The van der Waals surface area contributed by atoms with Crippen LogP contribution in [0.3, 0.4) is 0 Å². The molecular formula is C19H26O2. The number of hydrogen-bond acceptors (Lipinski definition) is 2. The molecule has 1 aliphatic rings. The van der Waals surface area contributed by atoms with Crippen molar-refractivity contribution in [2.24, 2.45) is 5.92 Å². The Labute approximate surface area is 127 Å². The molecule has 1 aromatic rings. The van der Waals surface area contributed by atoms with E-state index in [0.29, 0.717) is 5.56 Å². The summed E-state index contributed by atoms with van der Waals surface area (Å²) >= 11 is 0. The van der Waals surface area contributed by atoms with E-state index in [4.69, 9.17) is 0 Å². The molecule has 0 bridgehead atoms. The van der Waals surface area contributed by atoms with E-state index in [9.17, 15) is 10.2 Å². The number of rotatable bonds is 4. The third-order valence-corrected chi connectivity index (χ3v) is 4.45. The van der Waals surface area contributed by atoms with Gasteiger partial charge < -0.3 is 10.2 Å². The molecule has 0 saturated heterocycles. The van der Waals surface area contributed by atoms with Crippen LogP contribution in [0.5, 0.6) is 11.5 Å². The number of phenolic OH excluding ortho intramolecular Hbond substituents is 2. The number of phenols is 2. The van der Waals surface area contributed by atoms with Crippen LogP contribution in [-0.2, 0) is 6.42 Å². The molecular weight excluding hydrogens is 260 g/mol. The third kappa shape index (κ3) is 3.31. The van der Waals surface area contributed by atoms with Gasteiger partial charge in [0, 0.05) is 11.5 Å². The zero-order valence-corrected chi connectivity index (χ0v) is 13.3. The predicted octanol–water partition coefficient (Wildman–Crippen LogP) is 5.07. The fourth-order valence-corrected chi connectivity index (χ4v) is 3.36. The quantitative estimate of drug-likeness (QED) is 0.759. The van der Waals surface area contributed by atoms with Gasteiger partial charge in [0.05, 0.1) is 0 Å². The van der Waals surface area contributed by atoms with Crippen LogP contribution in [0.1, 0.15) is 57.1 Å². The van der Waals surface area contributed by atoms with Gasteiger partial charge in [-0.1, -0.05) is 37.1 Å². The first-order valence-electron chi connectivity index (χ1n) is 7.81. The van der Waals surface area contributed by atoms with Gasteiger partial charge in [0.15, 0.2) is 0 Å². The van der Waals surface area contributed by atoms with Crippen molar-refractivity contribution in [2.45, 2.75) is 52.4 Å². The monoisotopic (exact) mass is 286 g/mol. The molecule has 2 rings (SSSR count). The Hall–Kier alpha value is -1.70. The molecule has 2 N–H and O–H groups in total. The molecule has 1 aliphatic carbocycles. The molecule has 21 heavy (non-hydrogen) atoms. The van der Waals surface area contributed by atoms with Crippen molar-refractivity contribution in [3.63, 3.8) is 0 Å². The van der Waals surface area contributed by atoms with Crippen molar-refractivity contribution in [2.75, 3.05) is 0 Å². The Morgan fingerprint density at radius 1 is 1.29 bits per heavy atom. The second-order valence-corrected chi connectivity index (χ2v) is 6.33. The highest BCUT2D eigenvalue weighted by Crippen LogP contribution is 2.46. The summed E-state index contributed by atoms with van der Waals surface area (Å²) in [7, 11) is 0. The minimum absolute atomic E-state index is 0.0203. The normalized spacial score (nSPS) is 22.0. The number of aryl methyl sites for hydroxylation is 1. The molecule has 114 valence electrons. The fourth-order valence-electron chi connectivity index (χ4n) is 3.36. The summed E-state index contributed by atoms with van der Waals surface area (Å²) in [6.45, 7) is 10.3. The largest absolute Gasteiger partial charge is 0.507 e. The van der Waals surface area contributed by atoms with Gasteiger partial charge in [-0.05, 0) is 56.7 Å². The van der Waals surface area contributed by atoms with E-state index in [1.54, 1.807) is 12.1 Å². The first-order valence-corrected chi connectivity index (χ1v) is 7.81. The van der Waals surface area contributed by atoms with E-state index in [2.05, 4.69) is 26.5 Å². The fraction of sp³-hybridized carbons (Fsp3) is 0.474. The highest BCUT2D eigenvalue weighted by molar-refractivity contribution is 5.51. The molecule has 0 heterocycles. The SMILES string of the molecule is C=C(C)[C@H]1CCC(C)=CC1c1c(O)cc(CCC)cc1O. The van der Waals surface area contributed by atoms with Crippen molar-refractivity contribution >= 4 is 0 Å². The van der Waals surface area contributed by atoms with Crippen LogP contribution in [0, 0.1) is 5.92 Å². The first-order chi connectivity index (χ1) is 9.93. The van der Waals surface area contributed by atoms with Gasteiger partial charge in [0.25, 0.3) is 0 Å². The van der Waals surface area contributed by atoms with Crippen molar-refractivity contribution in [1.29, 1.82) is 0 Å². The molecule has 2 nitrogen and oxygen atoms in total. The van der Waals surface area contributed by atoms with E-state index in [-0.39, 0.29) is 23.3 Å². The van der Waals surface area contributed by atoms with Gasteiger partial charge in [-0.15, -0.1) is 0 Å². The van der Waals surface area contributed by atoms with Gasteiger partial charge in [0.2, 0.25) is 0 Å². The topological polar surface area (TPSA) is 40.5 Å². The molecule has 0 aromatic heterocycles. The molecule has 1 aromatic carbocycles. The minimum Gasteiger partial charge on any atom is -0.507 e. The molecule has 0 aliphatic heterocycles. The van der Waals surface area contributed by atoms with Gasteiger partial charge in [0.1, 0.15) is 11.5 Å². The summed E-state index contributed by atoms with van der Waals surface area (Å²) in [4.78, 5) is 0. The molecule has 2 atom stereocenters. The summed E-state index contributed by atoms with van der Waals surface area (Å²) in [5.41, 5.74) is 4.07. The van der Waals surface area contributed by atoms with Crippen LogP contribution in [0.2, 0.25) is 0 Å². The van der Waals surface area contributed by atoms with Crippen LogP contribution in [0.25, 0.3) is 0 Å². The van der Waals surface area contributed by atoms with Crippen molar-refractivity contribution in [1.82, 2.24) is 0 Å². The zero-order valence-electron chi connectivity index (χ0n) is 13.3. The smallest absolute Gasteiger partial charge is 0.123 e. The lowest BCUT2D eigenvalue weighted by atomic mass is 9.73. The van der Waals surface area contributed by atoms with Gasteiger partial charge in [-0.25, -0.2) is 0 Å². The average molecular weight is 286 g/mol. The number of hydrogen-bond donors (Lipinski definition) is 2. The lowest BCUT2D eigenvalue weighted by molar-refractivity contribution is 0.406. The summed E-state index contributed by atoms with van der Waals surface area (Å²) < 4.78 is 0.